The Kier molecular flexibility index (Phi) is 7.26. The third-order valence-electron chi connectivity index (χ3n) is 6.51. The second-order valence-corrected chi connectivity index (χ2v) is 11.8. The summed E-state index contributed by atoms with van der Waals surface area (Å²) in [6.45, 7) is 0.769. The molecule has 1 atom stereocenters. The Morgan fingerprint density at radius 1 is 0.763 bits per heavy atom. The number of amides is 3. The first-order valence-corrected chi connectivity index (χ1v) is 14.5. The van der Waals surface area contributed by atoms with Gasteiger partial charge in [0.15, 0.2) is 0 Å². The van der Waals surface area contributed by atoms with Crippen LogP contribution in [-0.2, 0) is 14.6 Å². The molecule has 1 aliphatic rings. The zero-order chi connectivity index (χ0) is 26.7. The molecule has 3 aromatic carbocycles. The molecule has 2 heterocycles. The normalized spacial score (nSPS) is 14.7. The molecule has 0 unspecified atom stereocenters. The molecule has 194 valence electrons. The van der Waals surface area contributed by atoms with Crippen molar-refractivity contribution in [1.29, 1.82) is 0 Å². The van der Waals surface area contributed by atoms with E-state index in [2.05, 4.69) is 5.32 Å². The Balaban J connectivity index is 1.35. The topological polar surface area (TPSA) is 104 Å². The Labute approximate surface area is 224 Å². The first kappa shape index (κ1) is 25.6. The van der Waals surface area contributed by atoms with Gasteiger partial charge in [0.1, 0.15) is 0 Å². The molecule has 0 bridgehead atoms. The highest BCUT2D eigenvalue weighted by Crippen LogP contribution is 2.22. The van der Waals surface area contributed by atoms with E-state index in [9.17, 15) is 22.8 Å². The van der Waals surface area contributed by atoms with Crippen molar-refractivity contribution >= 4 is 49.7 Å². The van der Waals surface area contributed by atoms with Gasteiger partial charge in [-0.3, -0.25) is 14.4 Å². The van der Waals surface area contributed by atoms with Crippen LogP contribution in [0.15, 0.2) is 95.2 Å². The van der Waals surface area contributed by atoms with Crippen LogP contribution >= 0.6 is 11.3 Å². The standard InChI is InChI=1S/C28H25N3O5S2/c32-25(24-14-7-19-37-24)29-26(38(35,36)21-10-2-1-3-11-21)28(34)31-17-15-30(16-18-31)27(33)23-13-6-9-20-8-4-5-12-22(20)23/h1-14,19,26H,15-18H2,(H,29,32)/t26-/m0/s1. The van der Waals surface area contributed by atoms with E-state index in [0.717, 1.165) is 22.1 Å². The molecular formula is C28H25N3O5S2. The summed E-state index contributed by atoms with van der Waals surface area (Å²) < 4.78 is 27.0. The highest BCUT2D eigenvalue weighted by Gasteiger charge is 2.39. The molecule has 0 spiro atoms. The summed E-state index contributed by atoms with van der Waals surface area (Å²) in [4.78, 5) is 43.0. The number of carbonyl (C=O) groups is 3. The van der Waals surface area contributed by atoms with Gasteiger partial charge < -0.3 is 15.1 Å². The lowest BCUT2D eigenvalue weighted by atomic mass is 10.0. The highest BCUT2D eigenvalue weighted by molar-refractivity contribution is 7.92. The molecule has 38 heavy (non-hydrogen) atoms. The first-order valence-electron chi connectivity index (χ1n) is 12.1. The van der Waals surface area contributed by atoms with Crippen molar-refractivity contribution in [3.05, 3.63) is 101 Å². The number of hydrogen-bond acceptors (Lipinski definition) is 6. The van der Waals surface area contributed by atoms with E-state index >= 15 is 0 Å². The van der Waals surface area contributed by atoms with Gasteiger partial charge in [-0.1, -0.05) is 60.7 Å². The Hall–Kier alpha value is -4.02. The summed E-state index contributed by atoms with van der Waals surface area (Å²) in [5, 5.41) is 4.16. The second-order valence-electron chi connectivity index (χ2n) is 8.83. The molecule has 4 aromatic rings. The van der Waals surface area contributed by atoms with Crippen LogP contribution in [0.5, 0.6) is 0 Å². The summed E-state index contributed by atoms with van der Waals surface area (Å²) in [7, 11) is -4.23. The Bertz CT molecular complexity index is 1570. The lowest BCUT2D eigenvalue weighted by molar-refractivity contribution is -0.132. The largest absolute Gasteiger partial charge is 0.336 e. The lowest BCUT2D eigenvalue weighted by Gasteiger charge is -2.36. The molecule has 1 fully saturated rings. The fraction of sp³-hybridized carbons (Fsp3) is 0.179. The van der Waals surface area contributed by atoms with Gasteiger partial charge in [0.25, 0.3) is 17.7 Å². The fourth-order valence-electron chi connectivity index (χ4n) is 4.49. The van der Waals surface area contributed by atoms with E-state index < -0.39 is 27.0 Å². The third-order valence-corrected chi connectivity index (χ3v) is 9.25. The van der Waals surface area contributed by atoms with E-state index in [1.807, 2.05) is 36.4 Å². The van der Waals surface area contributed by atoms with Crippen LogP contribution in [0.3, 0.4) is 0 Å². The monoisotopic (exact) mass is 547 g/mol. The molecule has 0 saturated carbocycles. The van der Waals surface area contributed by atoms with E-state index in [-0.39, 0.29) is 37.0 Å². The van der Waals surface area contributed by atoms with Gasteiger partial charge in [0, 0.05) is 31.7 Å². The fourth-order valence-corrected chi connectivity index (χ4v) is 6.61. The zero-order valence-corrected chi connectivity index (χ0v) is 22.0. The van der Waals surface area contributed by atoms with E-state index in [0.29, 0.717) is 10.4 Å². The summed E-state index contributed by atoms with van der Waals surface area (Å²) in [5.74, 6) is -1.51. The zero-order valence-electron chi connectivity index (χ0n) is 20.3. The molecule has 8 nitrogen and oxygen atoms in total. The van der Waals surface area contributed by atoms with Crippen LogP contribution in [0.4, 0.5) is 0 Å². The quantitative estimate of drug-likeness (QED) is 0.399. The SMILES string of the molecule is O=C(N[C@H](C(=O)N1CCN(C(=O)c2cccc3ccccc23)CC1)S(=O)(=O)c1ccccc1)c1cccs1. The molecule has 1 N–H and O–H groups in total. The maximum absolute atomic E-state index is 13.6. The molecule has 3 amide bonds. The van der Waals surface area contributed by atoms with Gasteiger partial charge in [-0.25, -0.2) is 8.42 Å². The molecule has 1 aliphatic heterocycles. The minimum atomic E-state index is -4.23. The van der Waals surface area contributed by atoms with Gasteiger partial charge in [0.05, 0.1) is 9.77 Å². The Morgan fingerprint density at radius 2 is 1.42 bits per heavy atom. The first-order chi connectivity index (χ1) is 18.4. The highest BCUT2D eigenvalue weighted by atomic mass is 32.2. The Morgan fingerprint density at radius 3 is 2.13 bits per heavy atom. The van der Waals surface area contributed by atoms with Crippen LogP contribution in [0, 0.1) is 0 Å². The van der Waals surface area contributed by atoms with Crippen LogP contribution < -0.4 is 5.32 Å². The number of piperazine rings is 1. The molecule has 1 saturated heterocycles. The van der Waals surface area contributed by atoms with Gasteiger partial charge in [-0.2, -0.15) is 0 Å². The van der Waals surface area contributed by atoms with Crippen molar-refractivity contribution in [1.82, 2.24) is 15.1 Å². The van der Waals surface area contributed by atoms with Gasteiger partial charge in [-0.15, -0.1) is 11.3 Å². The second kappa shape index (κ2) is 10.8. The van der Waals surface area contributed by atoms with Gasteiger partial charge in [0.2, 0.25) is 15.2 Å². The van der Waals surface area contributed by atoms with Gasteiger partial charge >= 0.3 is 0 Å². The number of thiophene rings is 1. The number of nitrogens with zero attached hydrogens (tertiary/aromatic N) is 2. The smallest absolute Gasteiger partial charge is 0.262 e. The van der Waals surface area contributed by atoms with E-state index in [1.54, 1.807) is 46.7 Å². The molecule has 0 radical (unpaired) electrons. The molecule has 0 aliphatic carbocycles. The maximum Gasteiger partial charge on any atom is 0.262 e. The van der Waals surface area contributed by atoms with Crippen LogP contribution in [0.2, 0.25) is 0 Å². The van der Waals surface area contributed by atoms with Crippen molar-refractivity contribution < 1.29 is 22.8 Å². The number of fused-ring (bicyclic) bond motifs is 1. The molecule has 5 rings (SSSR count). The number of carbonyl (C=O) groups excluding carboxylic acids is 3. The predicted molar refractivity (Wildman–Crippen MR) is 146 cm³/mol. The average molecular weight is 548 g/mol. The number of hydrogen-bond donors (Lipinski definition) is 1. The number of benzene rings is 3. The molecular weight excluding hydrogens is 522 g/mol. The summed E-state index contributed by atoms with van der Waals surface area (Å²) in [5.41, 5.74) is 0.579. The number of nitrogens with one attached hydrogen (secondary N) is 1. The number of rotatable bonds is 6. The summed E-state index contributed by atoms with van der Waals surface area (Å²) in [6, 6.07) is 24.0. The van der Waals surface area contributed by atoms with Crippen molar-refractivity contribution in [2.75, 3.05) is 26.2 Å². The van der Waals surface area contributed by atoms with Crippen LogP contribution in [0.1, 0.15) is 20.0 Å². The third kappa shape index (κ3) is 5.05. The van der Waals surface area contributed by atoms with E-state index in [4.69, 9.17) is 0 Å². The summed E-state index contributed by atoms with van der Waals surface area (Å²) in [6.07, 6.45) is 0. The van der Waals surface area contributed by atoms with Crippen molar-refractivity contribution in [3.8, 4) is 0 Å². The van der Waals surface area contributed by atoms with Crippen LogP contribution in [-0.4, -0.2) is 67.5 Å². The van der Waals surface area contributed by atoms with Crippen molar-refractivity contribution in [2.24, 2.45) is 0 Å². The average Bonchev–Trinajstić information content (AvgIpc) is 3.51. The predicted octanol–water partition coefficient (Wildman–Crippen LogP) is 3.42. The maximum atomic E-state index is 13.6. The minimum Gasteiger partial charge on any atom is -0.336 e. The summed E-state index contributed by atoms with van der Waals surface area (Å²) >= 11 is 1.15. The molecule has 1 aromatic heterocycles. The number of sulfone groups is 1. The van der Waals surface area contributed by atoms with E-state index in [1.165, 1.54) is 17.0 Å². The molecule has 10 heteroatoms. The lowest BCUT2D eigenvalue weighted by Crippen LogP contribution is -2.57. The van der Waals surface area contributed by atoms with Crippen LogP contribution in [0.25, 0.3) is 10.8 Å². The van der Waals surface area contributed by atoms with Crippen molar-refractivity contribution in [3.63, 3.8) is 0 Å². The minimum absolute atomic E-state index is 0.0606. The van der Waals surface area contributed by atoms with Gasteiger partial charge in [-0.05, 0) is 40.4 Å². The van der Waals surface area contributed by atoms with Crippen molar-refractivity contribution in [2.45, 2.75) is 10.3 Å².